The van der Waals surface area contributed by atoms with E-state index in [1.54, 1.807) is 0 Å². The van der Waals surface area contributed by atoms with Crippen LogP contribution in [0.25, 0.3) is 0 Å². The number of aliphatic hydroxyl groups excluding tert-OH is 2. The fourth-order valence-electron chi connectivity index (χ4n) is 8.66. The molecule has 0 spiro atoms. The molecule has 6 heteroatoms. The van der Waals surface area contributed by atoms with E-state index in [4.69, 9.17) is 4.74 Å². The summed E-state index contributed by atoms with van der Waals surface area (Å²) in [6.45, 7) is 6.50. The summed E-state index contributed by atoms with van der Waals surface area (Å²) in [5.41, 5.74) is 0. The molecule has 0 saturated heterocycles. The molecule has 0 aliphatic rings. The van der Waals surface area contributed by atoms with Crippen molar-refractivity contribution < 1.29 is 24.5 Å². The number of nitrogens with one attached hydrogen (secondary N) is 1. The predicted molar refractivity (Wildman–Crippen MR) is 264 cm³/mol. The van der Waals surface area contributed by atoms with Crippen LogP contribution < -0.4 is 5.32 Å². The van der Waals surface area contributed by atoms with Crippen molar-refractivity contribution in [3.8, 4) is 0 Å². The Morgan fingerprint density at radius 3 is 1.16 bits per heavy atom. The van der Waals surface area contributed by atoms with E-state index in [0.29, 0.717) is 19.3 Å². The van der Waals surface area contributed by atoms with Crippen molar-refractivity contribution in [2.75, 3.05) is 6.61 Å². The van der Waals surface area contributed by atoms with Crippen LogP contribution >= 0.6 is 0 Å². The lowest BCUT2D eigenvalue weighted by molar-refractivity contribution is -0.151. The number of allylic oxidation sites excluding steroid dienone is 2. The minimum absolute atomic E-state index is 0.0791. The van der Waals surface area contributed by atoms with Crippen LogP contribution in [0, 0.1) is 0 Å². The van der Waals surface area contributed by atoms with Crippen LogP contribution in [0.5, 0.6) is 0 Å². The number of amides is 1. The Balaban J connectivity index is 4.53. The highest BCUT2D eigenvalue weighted by Gasteiger charge is 2.24. The van der Waals surface area contributed by atoms with Gasteiger partial charge in [-0.2, -0.15) is 0 Å². The first-order chi connectivity index (χ1) is 30.0. The third-order valence-electron chi connectivity index (χ3n) is 12.8. The molecule has 0 aromatic heterocycles. The maximum atomic E-state index is 13.2. The first-order valence-corrected chi connectivity index (χ1v) is 27.4. The quantitative estimate of drug-likeness (QED) is 0.0322. The summed E-state index contributed by atoms with van der Waals surface area (Å²) >= 11 is 0. The van der Waals surface area contributed by atoms with Crippen LogP contribution in [-0.4, -0.2) is 46.9 Å². The topological polar surface area (TPSA) is 95.9 Å². The number of unbranched alkanes of at least 4 members (excludes halogenated alkanes) is 36. The van der Waals surface area contributed by atoms with Crippen LogP contribution in [0.4, 0.5) is 0 Å². The number of ether oxygens (including phenoxy) is 1. The second-order valence-corrected chi connectivity index (χ2v) is 19.0. The minimum atomic E-state index is -0.784. The molecule has 0 aromatic rings. The number of hydrogen-bond acceptors (Lipinski definition) is 5. The Bertz CT molecular complexity index is 924. The zero-order chi connectivity index (χ0) is 44.5. The maximum absolute atomic E-state index is 13.2. The molecule has 3 atom stereocenters. The normalized spacial score (nSPS) is 13.2. The average Bonchev–Trinajstić information content (AvgIpc) is 3.25. The van der Waals surface area contributed by atoms with Gasteiger partial charge < -0.3 is 20.3 Å². The predicted octanol–water partition coefficient (Wildman–Crippen LogP) is 16.5. The van der Waals surface area contributed by atoms with Crippen molar-refractivity contribution in [2.24, 2.45) is 0 Å². The van der Waals surface area contributed by atoms with Crippen molar-refractivity contribution >= 4 is 11.9 Å². The van der Waals surface area contributed by atoms with Crippen molar-refractivity contribution in [3.63, 3.8) is 0 Å². The van der Waals surface area contributed by atoms with Gasteiger partial charge in [0.25, 0.3) is 0 Å². The molecule has 1 amide bonds. The molecular formula is C55H107NO5. The van der Waals surface area contributed by atoms with Gasteiger partial charge in [0, 0.05) is 6.42 Å². The number of rotatable bonds is 50. The minimum Gasteiger partial charge on any atom is -0.462 e. The fourth-order valence-corrected chi connectivity index (χ4v) is 8.66. The smallest absolute Gasteiger partial charge is 0.306 e. The summed E-state index contributed by atoms with van der Waals surface area (Å²) < 4.78 is 5.95. The molecule has 0 fully saturated rings. The van der Waals surface area contributed by atoms with E-state index in [1.807, 2.05) is 0 Å². The van der Waals surface area contributed by atoms with Gasteiger partial charge in [-0.05, 0) is 51.4 Å². The molecule has 0 rings (SSSR count). The van der Waals surface area contributed by atoms with Crippen LogP contribution in [0.1, 0.15) is 303 Å². The molecule has 0 aliphatic heterocycles. The highest BCUT2D eigenvalue weighted by molar-refractivity contribution is 5.77. The Labute approximate surface area is 380 Å². The molecule has 0 bridgehead atoms. The lowest BCUT2D eigenvalue weighted by Gasteiger charge is -2.24. The van der Waals surface area contributed by atoms with Gasteiger partial charge in [-0.1, -0.05) is 251 Å². The largest absolute Gasteiger partial charge is 0.462 e. The Morgan fingerprint density at radius 1 is 0.459 bits per heavy atom. The van der Waals surface area contributed by atoms with Gasteiger partial charge in [0.05, 0.1) is 25.2 Å². The van der Waals surface area contributed by atoms with Gasteiger partial charge in [-0.3, -0.25) is 9.59 Å². The Kier molecular flexibility index (Phi) is 48.5. The van der Waals surface area contributed by atoms with Gasteiger partial charge in [-0.15, -0.1) is 0 Å². The van der Waals surface area contributed by atoms with E-state index < -0.39 is 18.2 Å². The second-order valence-electron chi connectivity index (χ2n) is 19.0. The molecule has 0 saturated carbocycles. The van der Waals surface area contributed by atoms with Gasteiger partial charge >= 0.3 is 5.97 Å². The zero-order valence-corrected chi connectivity index (χ0v) is 41.3. The van der Waals surface area contributed by atoms with Crippen LogP contribution in [-0.2, 0) is 14.3 Å². The van der Waals surface area contributed by atoms with E-state index in [2.05, 4.69) is 38.2 Å². The molecule has 0 heterocycles. The summed E-state index contributed by atoms with van der Waals surface area (Å²) in [7, 11) is 0. The van der Waals surface area contributed by atoms with Gasteiger partial charge in [0.2, 0.25) is 5.91 Å². The van der Waals surface area contributed by atoms with Crippen molar-refractivity contribution in [1.29, 1.82) is 0 Å². The molecule has 6 nitrogen and oxygen atoms in total. The summed E-state index contributed by atoms with van der Waals surface area (Å²) in [5.74, 6) is -0.462. The van der Waals surface area contributed by atoms with E-state index in [0.717, 1.165) is 57.8 Å². The van der Waals surface area contributed by atoms with Gasteiger partial charge in [0.1, 0.15) is 6.10 Å². The summed E-state index contributed by atoms with van der Waals surface area (Å²) in [6.07, 6.45) is 55.6. The maximum Gasteiger partial charge on any atom is 0.306 e. The highest BCUT2D eigenvalue weighted by Crippen LogP contribution is 2.18. The van der Waals surface area contributed by atoms with Crippen molar-refractivity contribution in [1.82, 2.24) is 5.32 Å². The Morgan fingerprint density at radius 2 is 0.787 bits per heavy atom. The first-order valence-electron chi connectivity index (χ1n) is 27.4. The van der Waals surface area contributed by atoms with E-state index in [9.17, 15) is 19.8 Å². The Hall–Kier alpha value is -1.40. The number of carbonyl (C=O) groups is 2. The van der Waals surface area contributed by atoms with E-state index >= 15 is 0 Å². The molecule has 3 N–H and O–H groups in total. The summed E-state index contributed by atoms with van der Waals surface area (Å²) in [6, 6.07) is -0.697. The summed E-state index contributed by atoms with van der Waals surface area (Å²) in [4.78, 5) is 26.2. The van der Waals surface area contributed by atoms with Gasteiger partial charge in [0.15, 0.2) is 0 Å². The number of carbonyl (C=O) groups excluding carboxylic acids is 2. The van der Waals surface area contributed by atoms with E-state index in [1.165, 1.54) is 199 Å². The highest BCUT2D eigenvalue weighted by atomic mass is 16.5. The lowest BCUT2D eigenvalue weighted by atomic mass is 10.0. The van der Waals surface area contributed by atoms with Gasteiger partial charge in [-0.25, -0.2) is 0 Å². The number of hydrogen-bond donors (Lipinski definition) is 3. The second kappa shape index (κ2) is 49.6. The monoisotopic (exact) mass is 862 g/mol. The van der Waals surface area contributed by atoms with Crippen LogP contribution in [0.3, 0.4) is 0 Å². The molecule has 0 radical (unpaired) electrons. The third kappa shape index (κ3) is 45.0. The molecule has 0 aromatic carbocycles. The van der Waals surface area contributed by atoms with E-state index in [-0.39, 0.29) is 24.9 Å². The fraction of sp³-hybridized carbons (Fsp3) is 0.927. The molecule has 362 valence electrons. The van der Waals surface area contributed by atoms with Crippen LogP contribution in [0.2, 0.25) is 0 Å². The number of esters is 1. The van der Waals surface area contributed by atoms with Crippen molar-refractivity contribution in [3.05, 3.63) is 12.2 Å². The third-order valence-corrected chi connectivity index (χ3v) is 12.8. The van der Waals surface area contributed by atoms with Crippen LogP contribution in [0.15, 0.2) is 12.2 Å². The standard InChI is InChI=1S/C55H107NO5/c1-4-7-10-13-16-19-22-24-26-28-30-33-36-39-42-45-48-55(60)61-51(46-43-40-37-34-32-29-27-25-23-20-17-14-11-8-5-2)49-54(59)56-52(50-57)53(58)47-44-41-38-35-31-21-18-15-12-9-6-3/h25,27,51-53,57-58H,4-24,26,28-50H2,1-3H3,(H,56,59)/b27-25+. The lowest BCUT2D eigenvalue weighted by Crippen LogP contribution is -2.46. The average molecular weight is 862 g/mol. The molecular weight excluding hydrogens is 755 g/mol. The molecule has 0 aliphatic carbocycles. The van der Waals surface area contributed by atoms with Crippen molar-refractivity contribution in [2.45, 2.75) is 322 Å². The molecule has 3 unspecified atom stereocenters. The summed E-state index contributed by atoms with van der Waals surface area (Å²) in [5, 5.41) is 23.8. The first kappa shape index (κ1) is 59.6. The SMILES string of the molecule is CCCCCCCC/C=C/CCCCCCCC(CC(=O)NC(CO)C(O)CCCCCCCCCCCCC)OC(=O)CCCCCCCCCCCCCCCCCC. The molecule has 61 heavy (non-hydrogen) atoms. The zero-order valence-electron chi connectivity index (χ0n) is 41.3. The number of aliphatic hydroxyl groups is 2.